The molecule has 0 radical (unpaired) electrons. The molecule has 2 aromatic carbocycles. The Morgan fingerprint density at radius 2 is 1.97 bits per heavy atom. The molecule has 0 aliphatic carbocycles. The Kier molecular flexibility index (Phi) is 8.40. The van der Waals surface area contributed by atoms with E-state index in [1.807, 2.05) is 36.4 Å². The molecule has 0 bridgehead atoms. The predicted molar refractivity (Wildman–Crippen MR) is 120 cm³/mol. The van der Waals surface area contributed by atoms with Crippen molar-refractivity contribution in [1.29, 1.82) is 0 Å². The van der Waals surface area contributed by atoms with Crippen LogP contribution in [0.2, 0.25) is 5.02 Å². The molecule has 1 amide bonds. The first-order chi connectivity index (χ1) is 14.6. The lowest BCUT2D eigenvalue weighted by molar-refractivity contribution is -0.126. The van der Waals surface area contributed by atoms with Gasteiger partial charge in [0.2, 0.25) is 5.91 Å². The number of carbonyl (C=O) groups excluding carboxylic acids is 1. The molecule has 1 fully saturated rings. The molecule has 0 unspecified atom stereocenters. The van der Waals surface area contributed by atoms with E-state index in [4.69, 9.17) is 21.1 Å². The van der Waals surface area contributed by atoms with Gasteiger partial charge in [0.15, 0.2) is 11.5 Å². The number of carbonyl (C=O) groups is 1. The van der Waals surface area contributed by atoms with E-state index in [9.17, 15) is 4.79 Å². The van der Waals surface area contributed by atoms with Crippen molar-refractivity contribution in [3.8, 4) is 11.5 Å². The van der Waals surface area contributed by atoms with Crippen molar-refractivity contribution in [2.24, 2.45) is 5.92 Å². The van der Waals surface area contributed by atoms with Crippen molar-refractivity contribution in [3.05, 3.63) is 58.6 Å². The molecule has 1 N–H and O–H groups in total. The average Bonchev–Trinajstić information content (AvgIpc) is 2.78. The summed E-state index contributed by atoms with van der Waals surface area (Å²) in [4.78, 5) is 15.0. The Morgan fingerprint density at radius 1 is 1.17 bits per heavy atom. The van der Waals surface area contributed by atoms with Crippen LogP contribution in [-0.4, -0.2) is 44.7 Å². The van der Waals surface area contributed by atoms with Crippen LogP contribution in [0.5, 0.6) is 11.5 Å². The number of aryl methyl sites for hydroxylation is 1. The van der Waals surface area contributed by atoms with Crippen molar-refractivity contribution >= 4 is 17.5 Å². The first kappa shape index (κ1) is 22.4. The third-order valence-corrected chi connectivity index (χ3v) is 5.99. The molecule has 162 valence electrons. The predicted octanol–water partition coefficient (Wildman–Crippen LogP) is 4.32. The molecule has 30 heavy (non-hydrogen) atoms. The number of nitrogens with zero attached hydrogens (tertiary/aromatic N) is 1. The first-order valence-corrected chi connectivity index (χ1v) is 10.9. The number of hydrogen-bond donors (Lipinski definition) is 1. The summed E-state index contributed by atoms with van der Waals surface area (Å²) < 4.78 is 10.6. The third kappa shape index (κ3) is 6.13. The van der Waals surface area contributed by atoms with E-state index in [1.165, 1.54) is 5.56 Å². The van der Waals surface area contributed by atoms with Gasteiger partial charge in [0.25, 0.3) is 0 Å². The molecule has 1 aliphatic heterocycles. The summed E-state index contributed by atoms with van der Waals surface area (Å²) >= 11 is 6.29. The second-order valence-corrected chi connectivity index (χ2v) is 8.16. The number of ether oxygens (including phenoxy) is 2. The Balaban J connectivity index is 1.43. The summed E-state index contributed by atoms with van der Waals surface area (Å²) in [6, 6.07) is 13.9. The van der Waals surface area contributed by atoms with Gasteiger partial charge in [0.1, 0.15) is 0 Å². The summed E-state index contributed by atoms with van der Waals surface area (Å²) in [7, 11) is 3.27. The Labute approximate surface area is 184 Å². The van der Waals surface area contributed by atoms with Gasteiger partial charge in [0, 0.05) is 24.7 Å². The molecule has 0 spiro atoms. The average molecular weight is 431 g/mol. The Hall–Kier alpha value is -2.24. The fourth-order valence-electron chi connectivity index (χ4n) is 3.97. The van der Waals surface area contributed by atoms with Gasteiger partial charge in [-0.05, 0) is 61.6 Å². The zero-order valence-electron chi connectivity index (χ0n) is 17.8. The molecule has 0 aromatic heterocycles. The largest absolute Gasteiger partial charge is 0.493 e. The molecular formula is C24H31ClN2O3. The maximum atomic E-state index is 12.7. The maximum absolute atomic E-state index is 12.7. The summed E-state index contributed by atoms with van der Waals surface area (Å²) in [5.74, 6) is 1.67. The molecule has 1 saturated heterocycles. The maximum Gasteiger partial charge on any atom is 0.224 e. The van der Waals surface area contributed by atoms with Crippen LogP contribution in [0.15, 0.2) is 42.5 Å². The number of hydrogen-bond acceptors (Lipinski definition) is 4. The van der Waals surface area contributed by atoms with E-state index in [0.29, 0.717) is 6.54 Å². The highest BCUT2D eigenvalue weighted by molar-refractivity contribution is 6.31. The van der Waals surface area contributed by atoms with Crippen LogP contribution in [-0.2, 0) is 17.8 Å². The Morgan fingerprint density at radius 3 is 2.73 bits per heavy atom. The van der Waals surface area contributed by atoms with E-state index in [2.05, 4.69) is 16.3 Å². The van der Waals surface area contributed by atoms with Crippen molar-refractivity contribution in [1.82, 2.24) is 10.2 Å². The zero-order valence-corrected chi connectivity index (χ0v) is 18.6. The fraction of sp³-hybridized carbons (Fsp3) is 0.458. The molecule has 6 heteroatoms. The monoisotopic (exact) mass is 430 g/mol. The lowest BCUT2D eigenvalue weighted by atomic mass is 9.96. The number of likely N-dealkylation sites (tertiary alicyclic amines) is 1. The van der Waals surface area contributed by atoms with Crippen LogP contribution in [0, 0.1) is 5.92 Å². The molecular weight excluding hydrogens is 400 g/mol. The molecule has 2 aromatic rings. The van der Waals surface area contributed by atoms with Gasteiger partial charge in [-0.25, -0.2) is 0 Å². The number of benzene rings is 2. The Bertz CT molecular complexity index is 843. The SMILES string of the molecule is COc1ccc(CCCNC(=O)[C@H]2CCCN(Cc3ccccc3Cl)C2)cc1OC. The summed E-state index contributed by atoms with van der Waals surface area (Å²) in [6.45, 7) is 3.26. The topological polar surface area (TPSA) is 50.8 Å². The summed E-state index contributed by atoms with van der Waals surface area (Å²) in [6.07, 6.45) is 3.75. The van der Waals surface area contributed by atoms with Crippen LogP contribution >= 0.6 is 11.6 Å². The van der Waals surface area contributed by atoms with Gasteiger partial charge in [-0.3, -0.25) is 9.69 Å². The second-order valence-electron chi connectivity index (χ2n) is 7.75. The molecule has 1 heterocycles. The van der Waals surface area contributed by atoms with E-state index in [0.717, 1.165) is 67.4 Å². The van der Waals surface area contributed by atoms with Crippen molar-refractivity contribution in [2.45, 2.75) is 32.2 Å². The summed E-state index contributed by atoms with van der Waals surface area (Å²) in [5.41, 5.74) is 2.29. The number of amides is 1. The van der Waals surface area contributed by atoms with Crippen molar-refractivity contribution < 1.29 is 14.3 Å². The van der Waals surface area contributed by atoms with E-state index in [-0.39, 0.29) is 11.8 Å². The highest BCUT2D eigenvalue weighted by Gasteiger charge is 2.25. The fourth-order valence-corrected chi connectivity index (χ4v) is 4.16. The standard InChI is InChI=1S/C24H31ClN2O3/c1-29-22-12-11-18(15-23(22)30-2)7-5-13-26-24(28)20-9-6-14-27(17-20)16-19-8-3-4-10-21(19)25/h3-4,8,10-12,15,20H,5-7,9,13-14,16-17H2,1-2H3,(H,26,28)/t20-/m0/s1. The van der Waals surface area contributed by atoms with Crippen LogP contribution < -0.4 is 14.8 Å². The number of rotatable bonds is 9. The van der Waals surface area contributed by atoms with Gasteiger partial charge in [-0.2, -0.15) is 0 Å². The van der Waals surface area contributed by atoms with Crippen molar-refractivity contribution in [3.63, 3.8) is 0 Å². The normalized spacial score (nSPS) is 16.8. The quantitative estimate of drug-likeness (QED) is 0.602. The van der Waals surface area contributed by atoms with E-state index < -0.39 is 0 Å². The highest BCUT2D eigenvalue weighted by Crippen LogP contribution is 2.28. The van der Waals surface area contributed by atoms with Gasteiger partial charge in [-0.15, -0.1) is 0 Å². The summed E-state index contributed by atoms with van der Waals surface area (Å²) in [5, 5.41) is 3.91. The minimum Gasteiger partial charge on any atom is -0.493 e. The van der Waals surface area contributed by atoms with Crippen molar-refractivity contribution in [2.75, 3.05) is 33.9 Å². The first-order valence-electron chi connectivity index (χ1n) is 10.5. The molecule has 1 aliphatic rings. The molecule has 5 nitrogen and oxygen atoms in total. The van der Waals surface area contributed by atoms with Gasteiger partial charge in [-0.1, -0.05) is 35.9 Å². The van der Waals surface area contributed by atoms with Gasteiger partial charge >= 0.3 is 0 Å². The lowest BCUT2D eigenvalue weighted by Gasteiger charge is -2.32. The number of halogens is 1. The minimum atomic E-state index is 0.0438. The number of nitrogens with one attached hydrogen (secondary N) is 1. The van der Waals surface area contributed by atoms with Crippen LogP contribution in [0.4, 0.5) is 0 Å². The molecule has 3 rings (SSSR count). The van der Waals surface area contributed by atoms with Crippen LogP contribution in [0.3, 0.4) is 0 Å². The van der Waals surface area contributed by atoms with E-state index >= 15 is 0 Å². The lowest BCUT2D eigenvalue weighted by Crippen LogP contribution is -2.43. The number of piperidine rings is 1. The second kappa shape index (κ2) is 11.2. The van der Waals surface area contributed by atoms with E-state index in [1.54, 1.807) is 14.2 Å². The molecule has 1 atom stereocenters. The zero-order chi connectivity index (χ0) is 21.3. The smallest absolute Gasteiger partial charge is 0.224 e. The van der Waals surface area contributed by atoms with Crippen LogP contribution in [0.1, 0.15) is 30.4 Å². The van der Waals surface area contributed by atoms with Gasteiger partial charge < -0.3 is 14.8 Å². The number of methoxy groups -OCH3 is 2. The highest BCUT2D eigenvalue weighted by atomic mass is 35.5. The van der Waals surface area contributed by atoms with Gasteiger partial charge in [0.05, 0.1) is 20.1 Å². The third-order valence-electron chi connectivity index (χ3n) is 5.62. The minimum absolute atomic E-state index is 0.0438. The molecule has 0 saturated carbocycles. The van der Waals surface area contributed by atoms with Crippen LogP contribution in [0.25, 0.3) is 0 Å².